The van der Waals surface area contributed by atoms with Gasteiger partial charge >= 0.3 is 6.09 Å². The highest BCUT2D eigenvalue weighted by Crippen LogP contribution is 2.59. The van der Waals surface area contributed by atoms with Gasteiger partial charge in [0.2, 0.25) is 5.91 Å². The maximum Gasteiger partial charge on any atom is 0.410 e. The van der Waals surface area contributed by atoms with Gasteiger partial charge < -0.3 is 29.6 Å². The number of allylic oxidation sites excluding steroid dienone is 1. The third-order valence-electron chi connectivity index (χ3n) is 7.19. The van der Waals surface area contributed by atoms with Crippen molar-refractivity contribution in [3.63, 3.8) is 0 Å². The van der Waals surface area contributed by atoms with Gasteiger partial charge in [-0.05, 0) is 40.0 Å². The zero-order chi connectivity index (χ0) is 21.7. The molecule has 0 bridgehead atoms. The number of epoxide rings is 2. The van der Waals surface area contributed by atoms with Crippen LogP contribution in [0.25, 0.3) is 0 Å². The Morgan fingerprint density at radius 3 is 2.57 bits per heavy atom. The second kappa shape index (κ2) is 7.80. The summed E-state index contributed by atoms with van der Waals surface area (Å²) >= 11 is 0. The summed E-state index contributed by atoms with van der Waals surface area (Å²) in [6.07, 6.45) is 4.04. The molecule has 3 aliphatic heterocycles. The Bertz CT molecular complexity index is 725. The van der Waals surface area contributed by atoms with E-state index in [1.54, 1.807) is 12.0 Å². The predicted octanol–water partition coefficient (Wildman–Crippen LogP) is 2.01. The van der Waals surface area contributed by atoms with Crippen LogP contribution in [0.2, 0.25) is 0 Å². The van der Waals surface area contributed by atoms with E-state index >= 15 is 0 Å². The van der Waals surface area contributed by atoms with Gasteiger partial charge in [0.05, 0.1) is 18.6 Å². The lowest BCUT2D eigenvalue weighted by Gasteiger charge is -2.44. The molecule has 8 heteroatoms. The van der Waals surface area contributed by atoms with E-state index in [4.69, 9.17) is 24.7 Å². The third kappa shape index (κ3) is 3.97. The van der Waals surface area contributed by atoms with Crippen LogP contribution in [0, 0.1) is 11.8 Å². The smallest absolute Gasteiger partial charge is 0.410 e. The molecule has 4 fully saturated rings. The largest absolute Gasteiger partial charge is 0.443 e. The fraction of sp³-hybridized carbons (Fsp3) is 0.818. The number of hydrogen-bond donors (Lipinski definition) is 1. The molecule has 3 saturated heterocycles. The summed E-state index contributed by atoms with van der Waals surface area (Å²) in [6, 6.07) is 0. The first-order chi connectivity index (χ1) is 14.2. The Balaban J connectivity index is 1.40. The molecule has 2 N–H and O–H groups in total. The van der Waals surface area contributed by atoms with Crippen LogP contribution in [0.5, 0.6) is 0 Å². The highest BCUT2D eigenvalue weighted by Gasteiger charge is 2.72. The van der Waals surface area contributed by atoms with Crippen molar-refractivity contribution in [3.05, 3.63) is 11.6 Å². The highest BCUT2D eigenvalue weighted by molar-refractivity contribution is 5.75. The van der Waals surface area contributed by atoms with Crippen LogP contribution >= 0.6 is 0 Å². The average Bonchev–Trinajstić information content (AvgIpc) is 3.55. The number of nitrogens with two attached hydrogens (primary N) is 1. The van der Waals surface area contributed by atoms with Crippen LogP contribution < -0.4 is 5.73 Å². The molecule has 6 atom stereocenters. The molecule has 2 amide bonds. The molecule has 0 radical (unpaired) electrons. The fourth-order valence-electron chi connectivity index (χ4n) is 5.41. The van der Waals surface area contributed by atoms with E-state index in [9.17, 15) is 9.59 Å². The molecule has 0 aromatic heterocycles. The fourth-order valence-corrected chi connectivity index (χ4v) is 5.41. The van der Waals surface area contributed by atoms with Gasteiger partial charge in [-0.3, -0.25) is 4.79 Å². The van der Waals surface area contributed by atoms with Crippen molar-refractivity contribution < 1.29 is 28.5 Å². The van der Waals surface area contributed by atoms with Crippen LogP contribution in [0.15, 0.2) is 11.6 Å². The normalized spacial score (nSPS) is 39.9. The first-order valence-electron chi connectivity index (χ1n) is 10.9. The Labute approximate surface area is 178 Å². The van der Waals surface area contributed by atoms with Crippen LogP contribution in [0.3, 0.4) is 0 Å². The van der Waals surface area contributed by atoms with Crippen molar-refractivity contribution in [2.75, 3.05) is 26.8 Å². The third-order valence-corrected chi connectivity index (χ3v) is 7.19. The number of ether oxygens (including phenoxy) is 4. The summed E-state index contributed by atoms with van der Waals surface area (Å²) in [6.45, 7) is 8.02. The van der Waals surface area contributed by atoms with Gasteiger partial charge in [-0.25, -0.2) is 4.79 Å². The summed E-state index contributed by atoms with van der Waals surface area (Å²) in [4.78, 5) is 25.3. The molecule has 1 spiro atoms. The van der Waals surface area contributed by atoms with Gasteiger partial charge in [0, 0.05) is 32.5 Å². The monoisotopic (exact) mass is 422 g/mol. The minimum absolute atomic E-state index is 0.0103. The summed E-state index contributed by atoms with van der Waals surface area (Å²) in [5.74, 6) is -0.195. The van der Waals surface area contributed by atoms with Crippen LogP contribution in [-0.2, 0) is 23.7 Å². The van der Waals surface area contributed by atoms with E-state index in [1.165, 1.54) is 5.57 Å². The molecule has 0 aromatic carbocycles. The van der Waals surface area contributed by atoms with Crippen molar-refractivity contribution in [2.45, 2.75) is 76.0 Å². The Morgan fingerprint density at radius 2 is 2.00 bits per heavy atom. The number of carbonyl (C=O) groups excluding carboxylic acids is 2. The van der Waals surface area contributed by atoms with Crippen LogP contribution in [0.4, 0.5) is 4.79 Å². The van der Waals surface area contributed by atoms with Crippen molar-refractivity contribution in [1.29, 1.82) is 0 Å². The molecule has 4 unspecified atom stereocenters. The number of nitrogens with zero attached hydrogens (tertiary/aromatic N) is 1. The van der Waals surface area contributed by atoms with Crippen LogP contribution in [0.1, 0.15) is 46.5 Å². The zero-order valence-corrected chi connectivity index (χ0v) is 18.4. The standard InChI is InChI=1S/C22H34N2O6/c1-13(2)5-6-16-21(3,30-16)19-18(27-4)15(7-8-22(19)12-28-22)29-20(26)24-10-14(11-24)9-17(23)25/h5,14-16,18-19H,6-12H2,1-4H3,(H2,23,25)/t15?,16-,18?,19?,21+,22?/m1/s1. The van der Waals surface area contributed by atoms with Crippen molar-refractivity contribution in [2.24, 2.45) is 17.6 Å². The number of primary amides is 1. The second-order valence-electron chi connectivity index (χ2n) is 9.74. The average molecular weight is 423 g/mol. The molecule has 168 valence electrons. The predicted molar refractivity (Wildman–Crippen MR) is 109 cm³/mol. The van der Waals surface area contributed by atoms with Gasteiger partial charge in [-0.15, -0.1) is 0 Å². The molecule has 1 aliphatic carbocycles. The maximum atomic E-state index is 12.6. The zero-order valence-electron chi connectivity index (χ0n) is 18.4. The van der Waals surface area contributed by atoms with Gasteiger partial charge in [0.1, 0.15) is 23.4 Å². The summed E-state index contributed by atoms with van der Waals surface area (Å²) < 4.78 is 23.9. The Kier molecular flexibility index (Phi) is 5.61. The summed E-state index contributed by atoms with van der Waals surface area (Å²) in [7, 11) is 1.67. The molecule has 8 nitrogen and oxygen atoms in total. The van der Waals surface area contributed by atoms with Gasteiger partial charge in [-0.1, -0.05) is 11.6 Å². The summed E-state index contributed by atoms with van der Waals surface area (Å²) in [5.41, 5.74) is 5.92. The molecule has 0 aromatic rings. The topological polar surface area (TPSA) is 107 Å². The molecule has 1 saturated carbocycles. The molecule has 30 heavy (non-hydrogen) atoms. The first-order valence-corrected chi connectivity index (χ1v) is 10.9. The minimum atomic E-state index is -0.350. The second-order valence-corrected chi connectivity index (χ2v) is 9.74. The van der Waals surface area contributed by atoms with E-state index in [0.717, 1.165) is 12.8 Å². The lowest BCUT2D eigenvalue weighted by atomic mass is 9.68. The number of carbonyl (C=O) groups is 2. The molecule has 4 rings (SSSR count). The highest BCUT2D eigenvalue weighted by atomic mass is 16.6. The molecular formula is C22H34N2O6. The number of methoxy groups -OCH3 is 1. The van der Waals surface area contributed by atoms with Gasteiger partial charge in [0.25, 0.3) is 0 Å². The van der Waals surface area contributed by atoms with Crippen LogP contribution in [-0.4, -0.2) is 73.2 Å². The Hall–Kier alpha value is -1.64. The van der Waals surface area contributed by atoms with E-state index in [1.807, 2.05) is 0 Å². The first kappa shape index (κ1) is 21.6. The minimum Gasteiger partial charge on any atom is -0.443 e. The number of likely N-dealkylation sites (tertiary alicyclic amines) is 1. The van der Waals surface area contributed by atoms with E-state index in [2.05, 4.69) is 26.8 Å². The van der Waals surface area contributed by atoms with Crippen molar-refractivity contribution >= 4 is 12.0 Å². The lowest BCUT2D eigenvalue weighted by molar-refractivity contribution is -0.126. The number of hydrogen-bond acceptors (Lipinski definition) is 6. The molecule has 3 heterocycles. The van der Waals surface area contributed by atoms with E-state index in [-0.39, 0.29) is 53.4 Å². The molecule has 4 aliphatic rings. The SMILES string of the molecule is COC1C(OC(=O)N2CC(CC(N)=O)C2)CCC2(CO2)C1[C@@]1(C)O[C@@H]1CC=C(C)C. The number of rotatable bonds is 7. The molecular weight excluding hydrogens is 388 g/mol. The van der Waals surface area contributed by atoms with Gasteiger partial charge in [0.15, 0.2) is 0 Å². The van der Waals surface area contributed by atoms with E-state index < -0.39 is 0 Å². The Morgan fingerprint density at radius 1 is 1.30 bits per heavy atom. The van der Waals surface area contributed by atoms with Gasteiger partial charge in [-0.2, -0.15) is 0 Å². The van der Waals surface area contributed by atoms with E-state index in [0.29, 0.717) is 32.5 Å². The summed E-state index contributed by atoms with van der Waals surface area (Å²) in [5, 5.41) is 0. The maximum absolute atomic E-state index is 12.6. The van der Waals surface area contributed by atoms with Crippen molar-refractivity contribution in [1.82, 2.24) is 4.90 Å². The lowest BCUT2D eigenvalue weighted by Crippen LogP contribution is -2.57. The number of amides is 2. The quantitative estimate of drug-likeness (QED) is 0.497. The van der Waals surface area contributed by atoms with Crippen molar-refractivity contribution in [3.8, 4) is 0 Å².